The minimum atomic E-state index is 0.755. The van der Waals surface area contributed by atoms with Crippen LogP contribution in [0, 0.1) is 59.2 Å². The summed E-state index contributed by atoms with van der Waals surface area (Å²) in [7, 11) is 0. The van der Waals surface area contributed by atoms with Crippen LogP contribution in [0.1, 0.15) is 212 Å². The quantitative estimate of drug-likeness (QED) is 0.248. The maximum Gasteiger partial charge on any atom is 0.0138 e. The molecule has 0 aromatic carbocycles. The van der Waals surface area contributed by atoms with Crippen LogP contribution in [0.3, 0.4) is 0 Å². The van der Waals surface area contributed by atoms with E-state index in [-0.39, 0.29) is 0 Å². The van der Waals surface area contributed by atoms with Crippen molar-refractivity contribution < 1.29 is 0 Å². The van der Waals surface area contributed by atoms with Gasteiger partial charge >= 0.3 is 0 Å². The molecule has 52 heavy (non-hydrogen) atoms. The third-order valence-corrected chi connectivity index (χ3v) is 18.4. The Morgan fingerprint density at radius 2 is 1.19 bits per heavy atom. The second-order valence-electron chi connectivity index (χ2n) is 20.9. The molecule has 1 heteroatoms. The predicted molar refractivity (Wildman–Crippen MR) is 221 cm³/mol. The molecule has 0 aromatic heterocycles. The molecule has 5 fully saturated rings. The number of allylic oxidation sites excluding steroid dienone is 5. The summed E-state index contributed by atoms with van der Waals surface area (Å²) in [5, 5.41) is 4.66. The highest BCUT2D eigenvalue weighted by molar-refractivity contribution is 5.30. The Balaban J connectivity index is 0.947. The first kappa shape index (κ1) is 36.8. The van der Waals surface area contributed by atoms with E-state index in [1.54, 1.807) is 25.7 Å². The summed E-state index contributed by atoms with van der Waals surface area (Å²) >= 11 is 0. The van der Waals surface area contributed by atoms with Gasteiger partial charge in [-0.3, -0.25) is 0 Å². The molecule has 0 bridgehead atoms. The van der Waals surface area contributed by atoms with Crippen LogP contribution in [-0.4, -0.2) is 12.1 Å². The van der Waals surface area contributed by atoms with Crippen LogP contribution in [0.25, 0.3) is 0 Å². The molecule has 0 amide bonds. The topological polar surface area (TPSA) is 12.0 Å². The van der Waals surface area contributed by atoms with Crippen LogP contribution in [-0.2, 0) is 0 Å². The van der Waals surface area contributed by atoms with Crippen molar-refractivity contribution in [3.8, 4) is 0 Å². The summed E-state index contributed by atoms with van der Waals surface area (Å²) in [6.45, 7) is 2.44. The number of fused-ring (bicyclic) bond motifs is 2. The van der Waals surface area contributed by atoms with E-state index in [4.69, 9.17) is 0 Å². The molecule has 1 nitrogen and oxygen atoms in total. The van der Waals surface area contributed by atoms with Crippen molar-refractivity contribution in [2.75, 3.05) is 0 Å². The summed E-state index contributed by atoms with van der Waals surface area (Å²) in [5.41, 5.74) is 10.1. The first-order valence-corrected chi connectivity index (χ1v) is 24.6. The Labute approximate surface area is 321 Å². The zero-order valence-corrected chi connectivity index (χ0v) is 34.1. The largest absolute Gasteiger partial charge is 0.311 e. The van der Waals surface area contributed by atoms with Gasteiger partial charge in [0.15, 0.2) is 0 Å². The van der Waals surface area contributed by atoms with Gasteiger partial charge in [0.25, 0.3) is 0 Å². The fourth-order valence-electron chi connectivity index (χ4n) is 16.0. The molecule has 0 aliphatic heterocycles. The second kappa shape index (κ2) is 17.1. The summed E-state index contributed by atoms with van der Waals surface area (Å²) in [5.74, 6) is 9.70. The lowest BCUT2D eigenvalue weighted by atomic mass is 9.57. The van der Waals surface area contributed by atoms with Crippen molar-refractivity contribution >= 4 is 0 Å². The first-order chi connectivity index (χ1) is 25.7. The molecule has 9 aliphatic rings. The number of rotatable bonds is 8. The fourth-order valence-corrected chi connectivity index (χ4v) is 16.0. The van der Waals surface area contributed by atoms with Gasteiger partial charge in [0.05, 0.1) is 0 Å². The van der Waals surface area contributed by atoms with Gasteiger partial charge < -0.3 is 5.32 Å². The van der Waals surface area contributed by atoms with Gasteiger partial charge in [-0.15, -0.1) is 0 Å². The first-order valence-electron chi connectivity index (χ1n) is 24.6. The molecule has 0 heterocycles. The standard InChI is InChI=1S/C51H81N/c1-2-12-38-26-29-45(46-18-9-8-17-43(38)46)41-27-30-50(51(34-41)52-42-28-25-36-15-6-7-16-40(36)33-42)49-32-31-44(47-19-10-11-20-48(47)49)39-23-21-37(22-24-39)35-13-4-3-5-14-35/h13,36-42,44-45,47,50-52H,2-12,14-34H2,1H3/t36-,37?,38?,39?,40?,41?,42?,44?,45?,47?,50?,51?/m1/s1. The second-order valence-corrected chi connectivity index (χ2v) is 20.9. The molecule has 9 unspecified atom stereocenters. The molecule has 5 saturated carbocycles. The van der Waals surface area contributed by atoms with Crippen molar-refractivity contribution in [1.82, 2.24) is 5.32 Å². The predicted octanol–water partition coefficient (Wildman–Crippen LogP) is 14.6. The van der Waals surface area contributed by atoms with E-state index in [9.17, 15) is 0 Å². The molecule has 10 atom stereocenters. The summed E-state index contributed by atoms with van der Waals surface area (Å²) in [6.07, 6.45) is 50.4. The molecule has 0 saturated heterocycles. The fraction of sp³-hybridized carbons (Fsp3) is 0.882. The Bertz CT molecular complexity index is 1290. The van der Waals surface area contributed by atoms with Gasteiger partial charge in [-0.25, -0.2) is 0 Å². The third-order valence-electron chi connectivity index (χ3n) is 18.4. The van der Waals surface area contributed by atoms with Gasteiger partial charge in [0.2, 0.25) is 0 Å². The lowest BCUT2D eigenvalue weighted by Gasteiger charge is -2.50. The molecule has 0 radical (unpaired) electrons. The van der Waals surface area contributed by atoms with E-state index in [0.717, 1.165) is 71.3 Å². The maximum absolute atomic E-state index is 4.66. The van der Waals surface area contributed by atoms with Crippen LogP contribution in [0.5, 0.6) is 0 Å². The van der Waals surface area contributed by atoms with Crippen LogP contribution < -0.4 is 5.32 Å². The smallest absolute Gasteiger partial charge is 0.0138 e. The normalized spacial score (nSPS) is 43.3. The third kappa shape index (κ3) is 7.77. The summed E-state index contributed by atoms with van der Waals surface area (Å²) < 4.78 is 0. The lowest BCUT2D eigenvalue weighted by molar-refractivity contribution is 0.104. The van der Waals surface area contributed by atoms with Gasteiger partial charge in [-0.1, -0.05) is 79.4 Å². The van der Waals surface area contributed by atoms with E-state index >= 15 is 0 Å². The monoisotopic (exact) mass is 708 g/mol. The Kier molecular flexibility index (Phi) is 12.1. The van der Waals surface area contributed by atoms with E-state index < -0.39 is 0 Å². The van der Waals surface area contributed by atoms with Crippen molar-refractivity contribution in [1.29, 1.82) is 0 Å². The summed E-state index contributed by atoms with van der Waals surface area (Å²) in [4.78, 5) is 0. The molecule has 9 rings (SSSR count). The molecular formula is C51H81N. The average Bonchev–Trinajstić information content (AvgIpc) is 3.21. The highest BCUT2D eigenvalue weighted by Crippen LogP contribution is 2.55. The van der Waals surface area contributed by atoms with Crippen LogP contribution in [0.4, 0.5) is 0 Å². The number of nitrogens with one attached hydrogen (secondary N) is 1. The molecular weight excluding hydrogens is 627 g/mol. The van der Waals surface area contributed by atoms with E-state index in [0.29, 0.717) is 0 Å². The molecule has 290 valence electrons. The van der Waals surface area contributed by atoms with Gasteiger partial charge in [0.1, 0.15) is 0 Å². The SMILES string of the molecule is CCCC1CCC(C2CCC(C3=C4CCCCC4C(C4CCC(C5=CCCCC5)CC4)CC3)C(NC3CC[C@H]4CCCCC4C3)C2)C2=C1CCCC2. The number of hydrogen-bond acceptors (Lipinski definition) is 1. The highest BCUT2D eigenvalue weighted by atomic mass is 15.0. The molecule has 9 aliphatic carbocycles. The molecule has 0 aromatic rings. The minimum absolute atomic E-state index is 0.755. The highest BCUT2D eigenvalue weighted by Gasteiger charge is 2.45. The Morgan fingerprint density at radius 1 is 0.500 bits per heavy atom. The molecule has 1 N–H and O–H groups in total. The van der Waals surface area contributed by atoms with Crippen LogP contribution in [0.2, 0.25) is 0 Å². The van der Waals surface area contributed by atoms with E-state index in [2.05, 4.69) is 29.5 Å². The van der Waals surface area contributed by atoms with Gasteiger partial charge in [-0.2, -0.15) is 0 Å². The number of hydrogen-bond donors (Lipinski definition) is 1. The Hall–Kier alpha value is -0.820. The van der Waals surface area contributed by atoms with Crippen LogP contribution in [0.15, 0.2) is 33.9 Å². The minimum Gasteiger partial charge on any atom is -0.311 e. The summed E-state index contributed by atoms with van der Waals surface area (Å²) in [6, 6.07) is 1.56. The molecule has 0 spiro atoms. The Morgan fingerprint density at radius 3 is 2.02 bits per heavy atom. The van der Waals surface area contributed by atoms with Crippen molar-refractivity contribution in [3.05, 3.63) is 33.9 Å². The maximum atomic E-state index is 4.66. The van der Waals surface area contributed by atoms with Gasteiger partial charge in [0, 0.05) is 12.1 Å². The average molecular weight is 708 g/mol. The van der Waals surface area contributed by atoms with Crippen molar-refractivity contribution in [3.63, 3.8) is 0 Å². The van der Waals surface area contributed by atoms with Crippen LogP contribution >= 0.6 is 0 Å². The van der Waals surface area contributed by atoms with E-state index in [1.807, 2.05) is 16.7 Å². The zero-order valence-electron chi connectivity index (χ0n) is 34.1. The van der Waals surface area contributed by atoms with Gasteiger partial charge in [-0.05, 0) is 226 Å². The zero-order chi connectivity index (χ0) is 34.9. The van der Waals surface area contributed by atoms with Crippen molar-refractivity contribution in [2.45, 2.75) is 224 Å². The van der Waals surface area contributed by atoms with Crippen molar-refractivity contribution in [2.24, 2.45) is 59.2 Å². The lowest BCUT2D eigenvalue weighted by Crippen LogP contribution is -2.51. The van der Waals surface area contributed by atoms with E-state index in [1.165, 1.54) is 180 Å².